The maximum atomic E-state index is 12.3. The highest BCUT2D eigenvalue weighted by molar-refractivity contribution is 7.88. The molecule has 1 aromatic carbocycles. The van der Waals surface area contributed by atoms with E-state index in [-0.39, 0.29) is 23.6 Å². The number of hydrogen-bond acceptors (Lipinski definition) is 9. The molecule has 0 bridgehead atoms. The van der Waals surface area contributed by atoms with E-state index in [1.807, 2.05) is 52.0 Å². The number of carbonyl (C=O) groups excluding carboxylic acids is 1. The predicted octanol–water partition coefficient (Wildman–Crippen LogP) is 3.47. The molecule has 0 aliphatic carbocycles. The number of para-hydroxylation sites is 1. The Morgan fingerprint density at radius 1 is 1.12 bits per heavy atom. The molecule has 1 aromatic heterocycles. The summed E-state index contributed by atoms with van der Waals surface area (Å²) in [6, 6.07) is 7.59. The summed E-state index contributed by atoms with van der Waals surface area (Å²) in [5, 5.41) is 12.3. The maximum absolute atomic E-state index is 12.3. The number of rotatable bonds is 15. The average Bonchev–Trinajstić information content (AvgIpc) is 3.15. The molecule has 234 valence electrons. The molecule has 13 heteroatoms. The third kappa shape index (κ3) is 8.16. The summed E-state index contributed by atoms with van der Waals surface area (Å²) in [6.07, 6.45) is 2.96. The number of anilines is 1. The van der Waals surface area contributed by atoms with Gasteiger partial charge in [0.25, 0.3) is 5.84 Å². The SMILES string of the molecule is CCOCC1=Nc2c(N)nc3ccccc3c2[N+]1(CC(C)(C)NS(C)(=O)=O)OCCCCCCN(C(=O)[O-])C(C)(C)C. The molecule has 2 aromatic rings. The van der Waals surface area contributed by atoms with Gasteiger partial charge in [0.15, 0.2) is 11.5 Å². The Morgan fingerprint density at radius 2 is 1.79 bits per heavy atom. The van der Waals surface area contributed by atoms with E-state index in [0.29, 0.717) is 55.3 Å². The molecule has 2 heterocycles. The number of ether oxygens (including phenoxy) is 1. The Bertz CT molecular complexity index is 1410. The van der Waals surface area contributed by atoms with Crippen molar-refractivity contribution in [2.24, 2.45) is 4.99 Å². The zero-order valence-corrected chi connectivity index (χ0v) is 26.7. The second-order valence-electron chi connectivity index (χ2n) is 12.4. The molecule has 1 unspecified atom stereocenters. The highest BCUT2D eigenvalue weighted by Crippen LogP contribution is 2.49. The number of sulfonamides is 1. The first-order valence-corrected chi connectivity index (χ1v) is 16.2. The Labute approximate surface area is 249 Å². The van der Waals surface area contributed by atoms with Crippen molar-refractivity contribution in [2.75, 3.05) is 44.9 Å². The highest BCUT2D eigenvalue weighted by atomic mass is 32.2. The third-order valence-corrected chi connectivity index (χ3v) is 7.94. The van der Waals surface area contributed by atoms with Crippen molar-refractivity contribution in [2.45, 2.75) is 78.3 Å². The summed E-state index contributed by atoms with van der Waals surface area (Å²) in [4.78, 5) is 29.1. The lowest BCUT2D eigenvalue weighted by Gasteiger charge is -2.38. The van der Waals surface area contributed by atoms with Gasteiger partial charge in [0.2, 0.25) is 15.7 Å². The molecular formula is C29H46N6O6S. The van der Waals surface area contributed by atoms with Crippen LogP contribution in [-0.2, 0) is 19.6 Å². The number of unbranched alkanes of at least 4 members (excludes halogenated alkanes) is 3. The molecule has 12 nitrogen and oxygen atoms in total. The number of carbonyl (C=O) groups is 1. The van der Waals surface area contributed by atoms with Crippen molar-refractivity contribution in [1.82, 2.24) is 19.3 Å². The van der Waals surface area contributed by atoms with Gasteiger partial charge in [0, 0.05) is 18.7 Å². The molecule has 3 rings (SSSR count). The molecule has 1 atom stereocenters. The van der Waals surface area contributed by atoms with Gasteiger partial charge in [-0.2, -0.15) is 9.83 Å². The Hall–Kier alpha value is -2.84. The van der Waals surface area contributed by atoms with Gasteiger partial charge in [-0.05, 0) is 66.5 Å². The number of nitrogens with zero attached hydrogens (tertiary/aromatic N) is 4. The summed E-state index contributed by atoms with van der Waals surface area (Å²) in [6.45, 7) is 12.6. The molecule has 0 radical (unpaired) electrons. The second kappa shape index (κ2) is 13.2. The normalized spacial score (nSPS) is 17.4. The number of amides is 1. The molecule has 3 N–H and O–H groups in total. The molecule has 1 amide bonds. The first-order chi connectivity index (χ1) is 19.5. The minimum atomic E-state index is -3.55. The fraction of sp³-hybridized carbons (Fsp3) is 0.621. The van der Waals surface area contributed by atoms with E-state index in [1.54, 1.807) is 13.8 Å². The van der Waals surface area contributed by atoms with E-state index in [9.17, 15) is 18.3 Å². The molecule has 0 saturated carbocycles. The van der Waals surface area contributed by atoms with Crippen molar-refractivity contribution >= 4 is 50.0 Å². The van der Waals surface area contributed by atoms with Crippen LogP contribution < -0.4 is 20.2 Å². The number of hydroxylamine groups is 2. The summed E-state index contributed by atoms with van der Waals surface area (Å²) in [5.41, 5.74) is 6.82. The van der Waals surface area contributed by atoms with Crippen molar-refractivity contribution < 1.29 is 27.9 Å². The lowest BCUT2D eigenvalue weighted by atomic mass is 10.0. The number of nitrogens with one attached hydrogen (secondary N) is 1. The number of benzene rings is 1. The Balaban J connectivity index is 1.92. The third-order valence-electron chi connectivity index (χ3n) is 7.02. The van der Waals surface area contributed by atoms with Crippen LogP contribution in [0, 0.1) is 0 Å². The van der Waals surface area contributed by atoms with E-state index in [4.69, 9.17) is 20.3 Å². The smallest absolute Gasteiger partial charge is 0.268 e. The zero-order chi connectivity index (χ0) is 31.3. The minimum Gasteiger partial charge on any atom is -0.530 e. The van der Waals surface area contributed by atoms with Gasteiger partial charge in [-0.3, -0.25) is 0 Å². The molecule has 0 saturated heterocycles. The summed E-state index contributed by atoms with van der Waals surface area (Å²) >= 11 is 0. The first kappa shape index (κ1) is 33.7. The fourth-order valence-electron chi connectivity index (χ4n) is 5.44. The molecule has 42 heavy (non-hydrogen) atoms. The van der Waals surface area contributed by atoms with Crippen molar-refractivity contribution in [3.8, 4) is 0 Å². The standard InChI is InChI=1S/C29H46N6O6S/c1-8-40-19-23-32-24-25(21-15-11-12-16-22(21)31-26(24)30)35(23,20-29(5,6)33-42(7,38)39)41-18-14-10-9-13-17-34(27(36)37)28(2,3)4/h11-12,15-16,33H,8-10,13-14,17-20H2,1-7H3,(H2-,30,31,36,37). The second-order valence-corrected chi connectivity index (χ2v) is 14.1. The van der Waals surface area contributed by atoms with E-state index < -0.39 is 27.2 Å². The lowest BCUT2D eigenvalue weighted by molar-refractivity contribution is -0.270. The summed E-state index contributed by atoms with van der Waals surface area (Å²) in [5.74, 6) is 0.807. The van der Waals surface area contributed by atoms with Crippen LogP contribution >= 0.6 is 0 Å². The first-order valence-electron chi connectivity index (χ1n) is 14.4. The number of amidine groups is 1. The van der Waals surface area contributed by atoms with Crippen LogP contribution in [0.5, 0.6) is 0 Å². The Kier molecular flexibility index (Phi) is 10.6. The van der Waals surface area contributed by atoms with Crippen LogP contribution in [-0.4, -0.2) is 80.5 Å². The molecule has 1 aliphatic rings. The molecular weight excluding hydrogens is 560 g/mol. The van der Waals surface area contributed by atoms with Crippen molar-refractivity contribution in [3.63, 3.8) is 0 Å². The molecule has 0 fully saturated rings. The Morgan fingerprint density at radius 3 is 2.40 bits per heavy atom. The topological polar surface area (TPSA) is 159 Å². The monoisotopic (exact) mass is 606 g/mol. The van der Waals surface area contributed by atoms with Crippen LogP contribution in [0.15, 0.2) is 29.3 Å². The number of carboxylic acid groups (broad SMARTS) is 1. The number of nitrogen functional groups attached to an aromatic ring is 1. The number of hydrogen-bond donors (Lipinski definition) is 2. The zero-order valence-electron chi connectivity index (χ0n) is 25.9. The van der Waals surface area contributed by atoms with Crippen LogP contribution in [0.2, 0.25) is 0 Å². The number of fused-ring (bicyclic) bond motifs is 3. The fourth-order valence-corrected chi connectivity index (χ4v) is 6.51. The number of aliphatic imine (C=N–C) groups is 1. The van der Waals surface area contributed by atoms with Crippen LogP contribution in [0.4, 0.5) is 22.0 Å². The number of nitrogens with two attached hydrogens (primary N) is 1. The van der Waals surface area contributed by atoms with Gasteiger partial charge in [0.05, 0.1) is 22.7 Å². The predicted molar refractivity (Wildman–Crippen MR) is 165 cm³/mol. The summed E-state index contributed by atoms with van der Waals surface area (Å²) < 4.78 is 33.0. The van der Waals surface area contributed by atoms with Gasteiger partial charge >= 0.3 is 0 Å². The van der Waals surface area contributed by atoms with E-state index >= 15 is 0 Å². The lowest BCUT2D eigenvalue weighted by Crippen LogP contribution is -2.63. The van der Waals surface area contributed by atoms with Gasteiger partial charge in [-0.1, -0.05) is 29.6 Å². The van der Waals surface area contributed by atoms with E-state index in [1.165, 1.54) is 4.90 Å². The van der Waals surface area contributed by atoms with E-state index in [0.717, 1.165) is 24.5 Å². The average molecular weight is 607 g/mol. The molecule has 0 spiro atoms. The molecule has 1 aliphatic heterocycles. The summed E-state index contributed by atoms with van der Waals surface area (Å²) in [7, 11) is -3.55. The van der Waals surface area contributed by atoms with Gasteiger partial charge in [-0.15, -0.1) is 0 Å². The quantitative estimate of drug-likeness (QED) is 0.230. The van der Waals surface area contributed by atoms with E-state index in [2.05, 4.69) is 9.71 Å². The van der Waals surface area contributed by atoms with Crippen molar-refractivity contribution in [3.05, 3.63) is 24.3 Å². The van der Waals surface area contributed by atoms with Crippen LogP contribution in [0.3, 0.4) is 0 Å². The largest absolute Gasteiger partial charge is 0.530 e. The minimum absolute atomic E-state index is 0.153. The van der Waals surface area contributed by atoms with Crippen LogP contribution in [0.25, 0.3) is 10.9 Å². The van der Waals surface area contributed by atoms with Crippen molar-refractivity contribution in [1.29, 1.82) is 0 Å². The van der Waals surface area contributed by atoms with Gasteiger partial charge < -0.3 is 25.3 Å². The maximum Gasteiger partial charge on any atom is 0.268 e. The highest BCUT2D eigenvalue weighted by Gasteiger charge is 2.52. The van der Waals surface area contributed by atoms with Gasteiger partial charge in [0.1, 0.15) is 25.9 Å². The van der Waals surface area contributed by atoms with Gasteiger partial charge in [-0.25, -0.2) is 18.1 Å². The van der Waals surface area contributed by atoms with Crippen LogP contribution in [0.1, 0.15) is 67.2 Å². The number of pyridine rings is 1. The number of aromatic nitrogens is 1. The number of quaternary nitrogens is 1.